The fourth-order valence-corrected chi connectivity index (χ4v) is 11.5. The summed E-state index contributed by atoms with van der Waals surface area (Å²) in [6.07, 6.45) is 88.0. The number of para-hydroxylation sites is 2. The van der Waals surface area contributed by atoms with Gasteiger partial charge in [0.15, 0.2) is 0 Å². The molecule has 2 rings (SSSR count). The molecule has 0 heterocycles. The van der Waals surface area contributed by atoms with Gasteiger partial charge in [-0.2, -0.15) is 0 Å². The topological polar surface area (TPSA) is 24.7 Å². The van der Waals surface area contributed by atoms with Gasteiger partial charge in [-0.1, -0.05) is 358 Å². The maximum absolute atomic E-state index is 5.26. The van der Waals surface area contributed by atoms with Crippen LogP contribution in [0.1, 0.15) is 372 Å². The number of unbranched alkanes of at least 4 members (excludes halogenated alkanes) is 47. The summed E-state index contributed by atoms with van der Waals surface area (Å²) in [5, 5.41) is 0. The number of nitrogens with zero attached hydrogens (tertiary/aromatic N) is 2. The Morgan fingerprint density at radius 1 is 0.282 bits per heavy atom. The molecule has 2 aromatic rings. The summed E-state index contributed by atoms with van der Waals surface area (Å²) in [6.45, 7) is 6.89. The first-order chi connectivity index (χ1) is 38.8. The number of allylic oxidation sites excluding steroid dienone is 4. The Morgan fingerprint density at radius 3 is 0.859 bits per heavy atom. The van der Waals surface area contributed by atoms with Crippen molar-refractivity contribution >= 4 is 23.3 Å². The molecule has 0 N–H and O–H groups in total. The number of hydrogen-bond donors (Lipinski definition) is 0. The molecule has 0 aromatic heterocycles. The molecule has 0 aliphatic heterocycles. The summed E-state index contributed by atoms with van der Waals surface area (Å²) in [4.78, 5) is 10.4. The van der Waals surface area contributed by atoms with Gasteiger partial charge in [0.05, 0.1) is 17.1 Å². The molecule has 2 nitrogen and oxygen atoms in total. The Bertz CT molecular complexity index is 1650. The fourth-order valence-electron chi connectivity index (χ4n) is 11.5. The molecule has 0 fully saturated rings. The Hall–Kier alpha value is -2.74. The molecule has 0 bridgehead atoms. The van der Waals surface area contributed by atoms with Crippen molar-refractivity contribution in [1.29, 1.82) is 0 Å². The smallest absolute Gasteiger partial charge is 0.0665 e. The molecular weight excluding hydrogens is 941 g/mol. The van der Waals surface area contributed by atoms with Crippen LogP contribution in [-0.4, -0.2) is 11.9 Å². The van der Waals surface area contributed by atoms with E-state index in [1.165, 1.54) is 319 Å². The predicted molar refractivity (Wildman–Crippen MR) is 356 cm³/mol. The van der Waals surface area contributed by atoms with E-state index < -0.39 is 0 Å². The minimum Gasteiger partial charge on any atom is -0.255 e. The first kappa shape index (κ1) is 71.4. The highest BCUT2D eigenvalue weighted by Crippen LogP contribution is 2.25. The Labute approximate surface area is 488 Å². The average Bonchev–Trinajstić information content (AvgIpc) is 3.46. The second kappa shape index (κ2) is 58.9. The average molecular weight is 1070 g/mol. The molecule has 2 aromatic carbocycles. The van der Waals surface area contributed by atoms with Gasteiger partial charge in [0.25, 0.3) is 0 Å². The lowest BCUT2D eigenvalue weighted by molar-refractivity contribution is 0.519. The molecular formula is C76H132N2. The van der Waals surface area contributed by atoms with E-state index in [0.29, 0.717) is 0 Å². The lowest BCUT2D eigenvalue weighted by atomic mass is 10.0. The zero-order valence-electron chi connectivity index (χ0n) is 52.8. The van der Waals surface area contributed by atoms with E-state index in [4.69, 9.17) is 9.98 Å². The molecule has 0 atom stereocenters. The van der Waals surface area contributed by atoms with E-state index in [0.717, 1.165) is 62.0 Å². The van der Waals surface area contributed by atoms with E-state index >= 15 is 0 Å². The van der Waals surface area contributed by atoms with Crippen LogP contribution in [0, 0.1) is 0 Å². The van der Waals surface area contributed by atoms with Gasteiger partial charge in [0, 0.05) is 6.21 Å². The summed E-state index contributed by atoms with van der Waals surface area (Å²) in [6, 6.07) is 17.6. The van der Waals surface area contributed by atoms with Gasteiger partial charge in [-0.3, -0.25) is 9.98 Å². The normalized spacial score (nSPS) is 12.2. The van der Waals surface area contributed by atoms with E-state index in [2.05, 4.69) is 99.8 Å². The van der Waals surface area contributed by atoms with E-state index in [9.17, 15) is 0 Å². The zero-order chi connectivity index (χ0) is 55.4. The Kier molecular flexibility index (Phi) is 53.9. The van der Waals surface area contributed by atoms with Crippen LogP contribution >= 0.6 is 0 Å². The summed E-state index contributed by atoms with van der Waals surface area (Å²) >= 11 is 0. The van der Waals surface area contributed by atoms with E-state index in [-0.39, 0.29) is 0 Å². The molecule has 0 radical (unpaired) electrons. The van der Waals surface area contributed by atoms with Crippen molar-refractivity contribution in [3.8, 4) is 0 Å². The standard InChI is InChI=1S/C76H132N2/c1-4-7-10-12-14-16-18-20-22-24-26-28-30-32-34-36-38-40-42-44-46-48-50-52-54-56-58-64-72-66-60-62-69-75(72)77-71-74(68-9-6-3)78-76-70-63-61-67-73(76)65-59-57-55-53-51-49-47-45-43-41-39-37-35-33-31-29-27-25-23-21-19-17-15-13-11-8-5-2/h52-55,60-63,66-67,69-71H,4-51,56-59,64-65,68H2,1-3H3. The molecule has 0 saturated carbocycles. The van der Waals surface area contributed by atoms with Crippen LogP contribution < -0.4 is 0 Å². The number of hydrogen-bond acceptors (Lipinski definition) is 2. The predicted octanol–water partition coefficient (Wildman–Crippen LogP) is 27.1. The van der Waals surface area contributed by atoms with Crippen LogP contribution in [0.15, 0.2) is 82.8 Å². The van der Waals surface area contributed by atoms with Gasteiger partial charge >= 0.3 is 0 Å². The zero-order valence-corrected chi connectivity index (χ0v) is 52.8. The highest BCUT2D eigenvalue weighted by Gasteiger charge is 2.06. The molecule has 446 valence electrons. The van der Waals surface area contributed by atoms with Crippen molar-refractivity contribution in [3.05, 3.63) is 84.0 Å². The van der Waals surface area contributed by atoms with Crippen LogP contribution in [0.25, 0.3) is 0 Å². The number of benzene rings is 2. The number of aliphatic imine (C=N–C) groups is 2. The third-order valence-corrected chi connectivity index (χ3v) is 16.8. The number of rotatable bonds is 60. The second-order valence-corrected chi connectivity index (χ2v) is 24.4. The van der Waals surface area contributed by atoms with Crippen molar-refractivity contribution in [3.63, 3.8) is 0 Å². The lowest BCUT2D eigenvalue weighted by Crippen LogP contribution is -2.00. The molecule has 2 heteroatoms. The highest BCUT2D eigenvalue weighted by atomic mass is 14.8. The summed E-state index contributed by atoms with van der Waals surface area (Å²) < 4.78 is 0. The SMILES string of the molecule is CCCCCCCCCCCCCCCCCCCCCCCCC=CCCCc1ccccc1N=CC(CCCC)=Nc1ccccc1CCCC=CCCCCCCCCCCCCCCCCCCCCCCCC. The first-order valence-corrected chi connectivity index (χ1v) is 35.4. The third kappa shape index (κ3) is 47.0. The molecule has 0 saturated heterocycles. The van der Waals surface area contributed by atoms with Gasteiger partial charge in [0.2, 0.25) is 0 Å². The van der Waals surface area contributed by atoms with Crippen LogP contribution in [0.3, 0.4) is 0 Å². The summed E-state index contributed by atoms with van der Waals surface area (Å²) in [5.41, 5.74) is 6.02. The Morgan fingerprint density at radius 2 is 0.538 bits per heavy atom. The van der Waals surface area contributed by atoms with Crippen molar-refractivity contribution in [2.75, 3.05) is 0 Å². The molecule has 0 unspecified atom stereocenters. The largest absolute Gasteiger partial charge is 0.255 e. The van der Waals surface area contributed by atoms with Gasteiger partial charge < -0.3 is 0 Å². The monoisotopic (exact) mass is 1070 g/mol. The lowest BCUT2D eigenvalue weighted by Gasteiger charge is -2.08. The number of aryl methyl sites for hydroxylation is 2. The van der Waals surface area contributed by atoms with Crippen LogP contribution in [0.5, 0.6) is 0 Å². The van der Waals surface area contributed by atoms with Crippen molar-refractivity contribution < 1.29 is 0 Å². The molecule has 78 heavy (non-hydrogen) atoms. The summed E-state index contributed by atoms with van der Waals surface area (Å²) in [7, 11) is 0. The van der Waals surface area contributed by atoms with Crippen molar-refractivity contribution in [1.82, 2.24) is 0 Å². The van der Waals surface area contributed by atoms with Gasteiger partial charge in [-0.25, -0.2) is 0 Å². The maximum Gasteiger partial charge on any atom is 0.0665 e. The second-order valence-electron chi connectivity index (χ2n) is 24.4. The minimum absolute atomic E-state index is 0.961. The van der Waals surface area contributed by atoms with Crippen molar-refractivity contribution in [2.45, 2.75) is 374 Å². The maximum atomic E-state index is 5.26. The van der Waals surface area contributed by atoms with E-state index in [1.807, 2.05) is 0 Å². The minimum atomic E-state index is 0.961. The first-order valence-electron chi connectivity index (χ1n) is 35.4. The van der Waals surface area contributed by atoms with Gasteiger partial charge in [-0.15, -0.1) is 0 Å². The van der Waals surface area contributed by atoms with E-state index in [1.54, 1.807) is 0 Å². The molecule has 0 aliphatic rings. The van der Waals surface area contributed by atoms with Gasteiger partial charge in [-0.05, 0) is 100 Å². The molecule has 0 aliphatic carbocycles. The highest BCUT2D eigenvalue weighted by molar-refractivity contribution is 6.31. The molecule has 0 spiro atoms. The van der Waals surface area contributed by atoms with Crippen molar-refractivity contribution in [2.24, 2.45) is 9.98 Å². The van der Waals surface area contributed by atoms with Crippen LogP contribution in [0.2, 0.25) is 0 Å². The third-order valence-electron chi connectivity index (χ3n) is 16.8. The van der Waals surface area contributed by atoms with Crippen LogP contribution in [0.4, 0.5) is 11.4 Å². The van der Waals surface area contributed by atoms with Crippen LogP contribution in [-0.2, 0) is 12.8 Å². The van der Waals surface area contributed by atoms with Gasteiger partial charge in [0.1, 0.15) is 0 Å². The Balaban J connectivity index is 1.50. The summed E-state index contributed by atoms with van der Waals surface area (Å²) in [5.74, 6) is 0. The quantitative estimate of drug-likeness (QED) is 0.0358. The molecule has 0 amide bonds. The fraction of sp³-hybridized carbons (Fsp3) is 0.763.